The summed E-state index contributed by atoms with van der Waals surface area (Å²) in [4.78, 5) is -0.0594. The summed E-state index contributed by atoms with van der Waals surface area (Å²) in [5.41, 5.74) is 0.169. The fraction of sp³-hybridized carbons (Fsp3) is 0.308. The second kappa shape index (κ2) is 6.33. The molecule has 0 fully saturated rings. The third-order valence-corrected chi connectivity index (χ3v) is 4.28. The fourth-order valence-electron chi connectivity index (χ4n) is 1.61. The number of nitrogens with zero attached hydrogens (tertiary/aromatic N) is 2. The highest BCUT2D eigenvalue weighted by Gasteiger charge is 2.18. The molecule has 0 spiro atoms. The molecule has 0 bridgehead atoms. The first kappa shape index (κ1) is 15.6. The molecule has 0 amide bonds. The minimum Gasteiger partial charge on any atom is -0.396 e. The van der Waals surface area contributed by atoms with Crippen LogP contribution in [0.15, 0.2) is 41.6 Å². The molecule has 1 heterocycles. The van der Waals surface area contributed by atoms with Gasteiger partial charge < -0.3 is 5.11 Å². The zero-order valence-electron chi connectivity index (χ0n) is 11.4. The van der Waals surface area contributed by atoms with Crippen molar-refractivity contribution in [3.05, 3.63) is 42.5 Å². The Balaban J connectivity index is 2.22. The average molecular weight is 313 g/mol. The van der Waals surface area contributed by atoms with Crippen molar-refractivity contribution in [1.29, 1.82) is 0 Å². The lowest BCUT2D eigenvalue weighted by molar-refractivity contribution is 0.238. The largest absolute Gasteiger partial charge is 0.396 e. The Labute approximate surface area is 122 Å². The van der Waals surface area contributed by atoms with Crippen LogP contribution in [0.2, 0.25) is 0 Å². The Bertz CT molecular complexity index is 715. The predicted molar refractivity (Wildman–Crippen MR) is 75.0 cm³/mol. The number of rotatable bonds is 6. The van der Waals surface area contributed by atoms with Gasteiger partial charge in [0.25, 0.3) is 0 Å². The summed E-state index contributed by atoms with van der Waals surface area (Å²) in [6, 6.07) is 5.94. The fourth-order valence-corrected chi connectivity index (χ4v) is 2.71. The minimum atomic E-state index is -3.73. The molecule has 1 atom stereocenters. The molecule has 0 aliphatic rings. The molecule has 1 aromatic heterocycles. The molecule has 2 N–H and O–H groups in total. The Hall–Kier alpha value is -1.77. The number of aliphatic hydroxyl groups is 1. The molecule has 8 heteroatoms. The van der Waals surface area contributed by atoms with Gasteiger partial charge in [0.15, 0.2) is 0 Å². The minimum absolute atomic E-state index is 0.0594. The lowest BCUT2D eigenvalue weighted by Gasteiger charge is -2.08. The normalized spacial score (nSPS) is 13.3. The van der Waals surface area contributed by atoms with Crippen LogP contribution < -0.4 is 4.72 Å². The maximum atomic E-state index is 13.6. The van der Waals surface area contributed by atoms with Crippen LogP contribution in [0.25, 0.3) is 5.69 Å². The third-order valence-electron chi connectivity index (χ3n) is 2.90. The van der Waals surface area contributed by atoms with Crippen molar-refractivity contribution >= 4 is 10.0 Å². The van der Waals surface area contributed by atoms with Gasteiger partial charge in [0.05, 0.1) is 12.4 Å². The van der Waals surface area contributed by atoms with E-state index in [1.165, 1.54) is 29.1 Å². The lowest BCUT2D eigenvalue weighted by Crippen LogP contribution is -2.29. The number of para-hydroxylation sites is 1. The van der Waals surface area contributed by atoms with Gasteiger partial charge in [-0.3, -0.25) is 0 Å². The van der Waals surface area contributed by atoms with E-state index in [-0.39, 0.29) is 29.7 Å². The van der Waals surface area contributed by atoms with Crippen LogP contribution in [0.4, 0.5) is 4.39 Å². The van der Waals surface area contributed by atoms with E-state index in [1.54, 1.807) is 13.0 Å². The van der Waals surface area contributed by atoms with E-state index in [1.807, 2.05) is 0 Å². The van der Waals surface area contributed by atoms with Crippen LogP contribution in [-0.2, 0) is 10.0 Å². The van der Waals surface area contributed by atoms with Gasteiger partial charge in [0, 0.05) is 13.2 Å². The summed E-state index contributed by atoms with van der Waals surface area (Å²) in [5, 5.41) is 12.8. The van der Waals surface area contributed by atoms with Gasteiger partial charge in [-0.2, -0.15) is 5.10 Å². The van der Waals surface area contributed by atoms with Gasteiger partial charge >= 0.3 is 0 Å². The predicted octanol–water partition coefficient (Wildman–Crippen LogP) is 0.918. The number of aromatic nitrogens is 2. The van der Waals surface area contributed by atoms with Crippen LogP contribution in [0.3, 0.4) is 0 Å². The van der Waals surface area contributed by atoms with Crippen molar-refractivity contribution < 1.29 is 17.9 Å². The molecule has 0 aliphatic heterocycles. The van der Waals surface area contributed by atoms with Crippen molar-refractivity contribution in [3.8, 4) is 5.69 Å². The molecular weight excluding hydrogens is 297 g/mol. The maximum absolute atomic E-state index is 13.6. The summed E-state index contributed by atoms with van der Waals surface area (Å²) in [6.45, 7) is 1.71. The molecule has 6 nitrogen and oxygen atoms in total. The smallest absolute Gasteiger partial charge is 0.243 e. The quantitative estimate of drug-likeness (QED) is 0.830. The zero-order chi connectivity index (χ0) is 15.5. The standard InChI is InChI=1S/C13H16FN3O3S/c1-10(9-18)6-16-21(19,20)11-7-15-17(8-11)13-5-3-2-4-12(13)14/h2-5,7-8,10,16,18H,6,9H2,1H3. The first-order valence-electron chi connectivity index (χ1n) is 6.34. The highest BCUT2D eigenvalue weighted by molar-refractivity contribution is 7.89. The average Bonchev–Trinajstić information content (AvgIpc) is 2.96. The summed E-state index contributed by atoms with van der Waals surface area (Å²) >= 11 is 0. The highest BCUT2D eigenvalue weighted by atomic mass is 32.2. The maximum Gasteiger partial charge on any atom is 0.243 e. The molecule has 21 heavy (non-hydrogen) atoms. The first-order chi connectivity index (χ1) is 9.94. The van der Waals surface area contributed by atoms with Crippen molar-refractivity contribution in [2.75, 3.05) is 13.2 Å². The zero-order valence-corrected chi connectivity index (χ0v) is 12.2. The van der Waals surface area contributed by atoms with E-state index in [9.17, 15) is 12.8 Å². The van der Waals surface area contributed by atoms with Gasteiger partial charge in [0.2, 0.25) is 10.0 Å². The number of nitrogens with one attached hydrogen (secondary N) is 1. The molecule has 114 valence electrons. The summed E-state index contributed by atoms with van der Waals surface area (Å²) in [5.74, 6) is -0.687. The second-order valence-electron chi connectivity index (χ2n) is 4.71. The molecule has 2 aromatic rings. The van der Waals surface area contributed by atoms with E-state index in [2.05, 4.69) is 9.82 Å². The second-order valence-corrected chi connectivity index (χ2v) is 6.48. The van der Waals surface area contributed by atoms with Crippen LogP contribution in [0.5, 0.6) is 0 Å². The first-order valence-corrected chi connectivity index (χ1v) is 7.82. The van der Waals surface area contributed by atoms with E-state index in [0.29, 0.717) is 0 Å². The van der Waals surface area contributed by atoms with E-state index < -0.39 is 15.8 Å². The van der Waals surface area contributed by atoms with Gasteiger partial charge in [-0.25, -0.2) is 22.2 Å². The number of aliphatic hydroxyl groups excluding tert-OH is 1. The molecule has 1 unspecified atom stereocenters. The lowest BCUT2D eigenvalue weighted by atomic mass is 10.2. The van der Waals surface area contributed by atoms with E-state index in [0.717, 1.165) is 6.20 Å². The number of halogens is 1. The van der Waals surface area contributed by atoms with Crippen LogP contribution in [0.1, 0.15) is 6.92 Å². The Morgan fingerprint density at radius 1 is 1.43 bits per heavy atom. The van der Waals surface area contributed by atoms with E-state index >= 15 is 0 Å². The van der Waals surface area contributed by atoms with Crippen molar-refractivity contribution in [2.45, 2.75) is 11.8 Å². The monoisotopic (exact) mass is 313 g/mol. The molecule has 0 saturated heterocycles. The van der Waals surface area contributed by atoms with E-state index in [4.69, 9.17) is 5.11 Å². The number of hydrogen-bond acceptors (Lipinski definition) is 4. The van der Waals surface area contributed by atoms with Crippen molar-refractivity contribution in [3.63, 3.8) is 0 Å². The summed E-state index contributed by atoms with van der Waals surface area (Å²) in [6.07, 6.45) is 2.39. The van der Waals surface area contributed by atoms with Gasteiger partial charge in [0.1, 0.15) is 16.4 Å². The number of hydrogen-bond donors (Lipinski definition) is 2. The molecule has 1 aromatic carbocycles. The summed E-state index contributed by atoms with van der Waals surface area (Å²) < 4.78 is 41.2. The number of sulfonamides is 1. The van der Waals surface area contributed by atoms with Crippen LogP contribution in [0, 0.1) is 11.7 Å². The Kier molecular flexibility index (Phi) is 4.71. The Morgan fingerprint density at radius 3 is 2.81 bits per heavy atom. The topological polar surface area (TPSA) is 84.2 Å². The molecule has 0 radical (unpaired) electrons. The Morgan fingerprint density at radius 2 is 2.14 bits per heavy atom. The molecule has 0 aliphatic carbocycles. The molecule has 2 rings (SSSR count). The van der Waals surface area contributed by atoms with Gasteiger partial charge in [-0.15, -0.1) is 0 Å². The molecular formula is C13H16FN3O3S. The SMILES string of the molecule is CC(CO)CNS(=O)(=O)c1cnn(-c2ccccc2F)c1. The van der Waals surface area contributed by atoms with Gasteiger partial charge in [-0.05, 0) is 18.1 Å². The van der Waals surface area contributed by atoms with Crippen molar-refractivity contribution in [2.24, 2.45) is 5.92 Å². The van der Waals surface area contributed by atoms with Gasteiger partial charge in [-0.1, -0.05) is 19.1 Å². The number of benzene rings is 1. The van der Waals surface area contributed by atoms with Crippen molar-refractivity contribution in [1.82, 2.24) is 14.5 Å². The highest BCUT2D eigenvalue weighted by Crippen LogP contribution is 2.15. The third kappa shape index (κ3) is 3.66. The van der Waals surface area contributed by atoms with Crippen LogP contribution in [-0.4, -0.2) is 36.5 Å². The summed E-state index contributed by atoms with van der Waals surface area (Å²) in [7, 11) is -3.73. The molecule has 0 saturated carbocycles. The van der Waals surface area contributed by atoms with Crippen LogP contribution >= 0.6 is 0 Å².